The number of esters is 2. The van der Waals surface area contributed by atoms with E-state index >= 15 is 0 Å². The van der Waals surface area contributed by atoms with Crippen molar-refractivity contribution in [3.63, 3.8) is 0 Å². The number of unbranched alkanes of at least 4 members (excludes halogenated alkanes) is 8. The Labute approximate surface area is 226 Å². The van der Waals surface area contributed by atoms with Crippen LogP contribution in [0, 0.1) is 0 Å². The first-order chi connectivity index (χ1) is 17.7. The largest absolute Gasteiger partial charge is 0.408 e. The molecule has 0 spiro atoms. The van der Waals surface area contributed by atoms with Crippen molar-refractivity contribution < 1.29 is 38.0 Å². The van der Waals surface area contributed by atoms with Crippen molar-refractivity contribution in [1.29, 1.82) is 0 Å². The van der Waals surface area contributed by atoms with Gasteiger partial charge in [0.1, 0.15) is 0 Å². The van der Waals surface area contributed by atoms with Crippen LogP contribution in [0.1, 0.15) is 138 Å². The summed E-state index contributed by atoms with van der Waals surface area (Å²) in [5.41, 5.74) is 0. The highest BCUT2D eigenvalue weighted by Gasteiger charge is 2.31. The van der Waals surface area contributed by atoms with Gasteiger partial charge in [0.25, 0.3) is 0 Å². The third-order valence-corrected chi connectivity index (χ3v) is 5.81. The molecule has 0 saturated heterocycles. The summed E-state index contributed by atoms with van der Waals surface area (Å²) in [6.45, 7) is 13.6. The first kappa shape index (κ1) is 35.8. The zero-order chi connectivity index (χ0) is 27.8. The molecule has 0 aliphatic carbocycles. The van der Waals surface area contributed by atoms with Gasteiger partial charge in [0, 0.05) is 26.7 Å². The highest BCUT2D eigenvalue weighted by atomic mass is 16.9. The van der Waals surface area contributed by atoms with Gasteiger partial charge in [-0.05, 0) is 38.5 Å². The predicted octanol–water partition coefficient (Wildman–Crippen LogP) is 7.42. The highest BCUT2D eigenvalue weighted by molar-refractivity contribution is 5.69. The number of carbonyl (C=O) groups excluding carboxylic acids is 2. The van der Waals surface area contributed by atoms with E-state index < -0.39 is 11.9 Å². The van der Waals surface area contributed by atoms with Gasteiger partial charge in [0.05, 0.1) is 26.4 Å². The van der Waals surface area contributed by atoms with Gasteiger partial charge >= 0.3 is 23.9 Å². The molecule has 0 aliphatic rings. The van der Waals surface area contributed by atoms with Crippen molar-refractivity contribution >= 4 is 11.9 Å². The lowest BCUT2D eigenvalue weighted by molar-refractivity contribution is -0.353. The first-order valence-electron chi connectivity index (χ1n) is 14.7. The maximum atomic E-state index is 12.4. The van der Waals surface area contributed by atoms with Crippen LogP contribution in [0.2, 0.25) is 0 Å². The van der Waals surface area contributed by atoms with Gasteiger partial charge < -0.3 is 28.4 Å². The minimum atomic E-state index is -1.32. The van der Waals surface area contributed by atoms with E-state index in [1.54, 1.807) is 13.8 Å². The van der Waals surface area contributed by atoms with Crippen LogP contribution >= 0.6 is 0 Å². The molecule has 220 valence electrons. The second kappa shape index (κ2) is 22.7. The summed E-state index contributed by atoms with van der Waals surface area (Å²) in [5.74, 6) is -3.28. The Morgan fingerprint density at radius 2 is 0.730 bits per heavy atom. The Hall–Kier alpha value is -1.22. The Morgan fingerprint density at radius 1 is 0.459 bits per heavy atom. The van der Waals surface area contributed by atoms with Crippen LogP contribution < -0.4 is 0 Å². The van der Waals surface area contributed by atoms with Crippen LogP contribution in [0.25, 0.3) is 0 Å². The average Bonchev–Trinajstić information content (AvgIpc) is 2.84. The molecule has 0 bridgehead atoms. The molecule has 0 N–H and O–H groups in total. The van der Waals surface area contributed by atoms with Crippen LogP contribution in [-0.2, 0) is 38.0 Å². The molecule has 0 saturated carbocycles. The summed E-state index contributed by atoms with van der Waals surface area (Å²) < 4.78 is 34.0. The van der Waals surface area contributed by atoms with Crippen molar-refractivity contribution in [3.05, 3.63) is 0 Å². The minimum Gasteiger partial charge on any atom is -0.408 e. The lowest BCUT2D eigenvalue weighted by Crippen LogP contribution is -2.38. The summed E-state index contributed by atoms with van der Waals surface area (Å²) in [7, 11) is 0. The zero-order valence-electron chi connectivity index (χ0n) is 24.7. The molecule has 0 aromatic rings. The first-order valence-corrected chi connectivity index (χ1v) is 14.7. The number of ether oxygens (including phenoxy) is 6. The summed E-state index contributed by atoms with van der Waals surface area (Å²) in [6.07, 6.45) is 12.3. The molecule has 37 heavy (non-hydrogen) atoms. The molecule has 0 unspecified atom stereocenters. The summed E-state index contributed by atoms with van der Waals surface area (Å²) in [4.78, 5) is 24.7. The highest BCUT2D eigenvalue weighted by Crippen LogP contribution is 2.20. The Bertz CT molecular complexity index is 498. The van der Waals surface area contributed by atoms with Crippen molar-refractivity contribution in [1.82, 2.24) is 0 Å². The van der Waals surface area contributed by atoms with Crippen LogP contribution in [0.4, 0.5) is 0 Å². The summed E-state index contributed by atoms with van der Waals surface area (Å²) in [6, 6.07) is 0. The SMILES string of the molecule is CCCCOC(C)(OCCCC)OC(=O)CCCCCCCC(=O)OC(C)(OCCCC)OCCCC. The van der Waals surface area contributed by atoms with Gasteiger partial charge in [-0.25, -0.2) is 0 Å². The predicted molar refractivity (Wildman–Crippen MR) is 145 cm³/mol. The van der Waals surface area contributed by atoms with Gasteiger partial charge in [0.2, 0.25) is 0 Å². The monoisotopic (exact) mass is 532 g/mol. The van der Waals surface area contributed by atoms with Gasteiger partial charge in [-0.1, -0.05) is 72.6 Å². The number of hydrogen-bond donors (Lipinski definition) is 0. The van der Waals surface area contributed by atoms with Crippen LogP contribution in [-0.4, -0.2) is 50.3 Å². The molecule has 0 radical (unpaired) electrons. The van der Waals surface area contributed by atoms with E-state index in [1.807, 2.05) is 0 Å². The number of rotatable bonds is 26. The Morgan fingerprint density at radius 3 is 1.00 bits per heavy atom. The fourth-order valence-electron chi connectivity index (χ4n) is 3.39. The van der Waals surface area contributed by atoms with Crippen molar-refractivity contribution in [2.75, 3.05) is 26.4 Å². The quantitative estimate of drug-likeness (QED) is 0.0646. The van der Waals surface area contributed by atoms with E-state index in [0.717, 1.165) is 83.5 Å². The summed E-state index contributed by atoms with van der Waals surface area (Å²) >= 11 is 0. The maximum Gasteiger partial charge on any atom is 0.326 e. The fourth-order valence-corrected chi connectivity index (χ4v) is 3.39. The number of hydrogen-bond acceptors (Lipinski definition) is 8. The Kier molecular flexibility index (Phi) is 22.0. The third kappa shape index (κ3) is 20.4. The van der Waals surface area contributed by atoms with Crippen LogP contribution in [0.5, 0.6) is 0 Å². The minimum absolute atomic E-state index is 0.314. The molecule has 0 aliphatic heterocycles. The zero-order valence-corrected chi connectivity index (χ0v) is 24.7. The Balaban J connectivity index is 4.23. The van der Waals surface area contributed by atoms with Gasteiger partial charge in [-0.3, -0.25) is 9.59 Å². The van der Waals surface area contributed by atoms with Crippen molar-refractivity contribution in [2.45, 2.75) is 150 Å². The van der Waals surface area contributed by atoms with Gasteiger partial charge in [0.15, 0.2) is 0 Å². The molecule has 0 aromatic heterocycles. The molecular weight excluding hydrogens is 476 g/mol. The summed E-state index contributed by atoms with van der Waals surface area (Å²) in [5, 5.41) is 0. The van der Waals surface area contributed by atoms with E-state index in [9.17, 15) is 9.59 Å². The number of carbonyl (C=O) groups is 2. The fraction of sp³-hybridized carbons (Fsp3) is 0.931. The van der Waals surface area contributed by atoms with E-state index in [2.05, 4.69) is 27.7 Å². The van der Waals surface area contributed by atoms with Gasteiger partial charge in [-0.2, -0.15) is 0 Å². The van der Waals surface area contributed by atoms with E-state index in [-0.39, 0.29) is 11.9 Å². The lowest BCUT2D eigenvalue weighted by atomic mass is 10.1. The molecular formula is C29H56O8. The van der Waals surface area contributed by atoms with E-state index in [0.29, 0.717) is 39.3 Å². The van der Waals surface area contributed by atoms with Crippen LogP contribution in [0.3, 0.4) is 0 Å². The average molecular weight is 533 g/mol. The molecule has 0 fully saturated rings. The van der Waals surface area contributed by atoms with Crippen molar-refractivity contribution in [3.8, 4) is 0 Å². The second-order valence-corrected chi connectivity index (χ2v) is 9.75. The van der Waals surface area contributed by atoms with E-state index in [4.69, 9.17) is 28.4 Å². The smallest absolute Gasteiger partial charge is 0.326 e. The molecule has 0 amide bonds. The maximum absolute atomic E-state index is 12.4. The van der Waals surface area contributed by atoms with E-state index in [1.165, 1.54) is 0 Å². The van der Waals surface area contributed by atoms with Crippen LogP contribution in [0.15, 0.2) is 0 Å². The molecule has 0 aromatic carbocycles. The molecule has 0 heterocycles. The molecule has 8 nitrogen and oxygen atoms in total. The van der Waals surface area contributed by atoms with Gasteiger partial charge in [-0.15, -0.1) is 0 Å². The normalized spacial score (nSPS) is 12.1. The van der Waals surface area contributed by atoms with Crippen molar-refractivity contribution in [2.24, 2.45) is 0 Å². The molecule has 0 atom stereocenters. The standard InChI is InChI=1S/C29H56O8/c1-7-11-22-32-28(5,33-23-12-8-2)36-26(30)20-18-16-15-17-19-21-27(31)37-29(6,34-24-13-9-3)35-25-14-10-4/h7-25H2,1-6H3. The molecule has 8 heteroatoms. The second-order valence-electron chi connectivity index (χ2n) is 9.75. The third-order valence-electron chi connectivity index (χ3n) is 5.81. The lowest BCUT2D eigenvalue weighted by Gasteiger charge is -2.29. The topological polar surface area (TPSA) is 89.5 Å². The molecule has 0 rings (SSSR count).